The SMILES string of the molecule is CCCCCCCCC=CCCCCCCCC(=O)OC[C@H](CO)OC(=O)CCCCCCCCCCCCC. The van der Waals surface area contributed by atoms with E-state index < -0.39 is 6.10 Å². The summed E-state index contributed by atoms with van der Waals surface area (Å²) in [6.07, 6.45) is 34.0. The van der Waals surface area contributed by atoms with Gasteiger partial charge in [0, 0.05) is 12.8 Å². The minimum absolute atomic E-state index is 0.0651. The van der Waals surface area contributed by atoms with E-state index >= 15 is 0 Å². The van der Waals surface area contributed by atoms with Gasteiger partial charge in [-0.25, -0.2) is 0 Å². The van der Waals surface area contributed by atoms with Crippen molar-refractivity contribution in [1.82, 2.24) is 0 Å². The number of allylic oxidation sites excluding steroid dienone is 2. The average molecular weight is 567 g/mol. The third kappa shape index (κ3) is 29.6. The number of hydrogen-bond donors (Lipinski definition) is 1. The molecule has 0 bridgehead atoms. The molecule has 0 spiro atoms. The molecule has 0 aliphatic heterocycles. The van der Waals surface area contributed by atoms with Crippen molar-refractivity contribution in [2.24, 2.45) is 0 Å². The molecule has 0 amide bonds. The van der Waals surface area contributed by atoms with Crippen LogP contribution < -0.4 is 0 Å². The average Bonchev–Trinajstić information content (AvgIpc) is 2.96. The molecule has 5 nitrogen and oxygen atoms in total. The molecule has 0 fully saturated rings. The van der Waals surface area contributed by atoms with Gasteiger partial charge in [-0.3, -0.25) is 9.59 Å². The molecule has 0 aliphatic carbocycles. The van der Waals surface area contributed by atoms with Crippen molar-refractivity contribution in [2.75, 3.05) is 13.2 Å². The van der Waals surface area contributed by atoms with Gasteiger partial charge >= 0.3 is 11.9 Å². The van der Waals surface area contributed by atoms with Crippen LogP contribution in [0.3, 0.4) is 0 Å². The van der Waals surface area contributed by atoms with Crippen LogP contribution in [0.4, 0.5) is 0 Å². The second-order valence-corrected chi connectivity index (χ2v) is 11.6. The second-order valence-electron chi connectivity index (χ2n) is 11.6. The Hall–Kier alpha value is -1.36. The molecule has 0 saturated heterocycles. The van der Waals surface area contributed by atoms with Gasteiger partial charge in [-0.2, -0.15) is 0 Å². The van der Waals surface area contributed by atoms with Gasteiger partial charge in [-0.1, -0.05) is 142 Å². The smallest absolute Gasteiger partial charge is 0.306 e. The predicted octanol–water partition coefficient (Wildman–Crippen LogP) is 10.2. The van der Waals surface area contributed by atoms with E-state index in [2.05, 4.69) is 26.0 Å². The first-order valence-corrected chi connectivity index (χ1v) is 17.2. The molecule has 40 heavy (non-hydrogen) atoms. The first-order valence-electron chi connectivity index (χ1n) is 17.2. The molecule has 236 valence electrons. The predicted molar refractivity (Wildman–Crippen MR) is 168 cm³/mol. The molecular formula is C35H66O5. The summed E-state index contributed by atoms with van der Waals surface area (Å²) < 4.78 is 10.5. The lowest BCUT2D eigenvalue weighted by molar-refractivity contribution is -0.161. The number of aliphatic hydroxyl groups is 1. The fourth-order valence-corrected chi connectivity index (χ4v) is 4.90. The summed E-state index contributed by atoms with van der Waals surface area (Å²) in [7, 11) is 0. The highest BCUT2D eigenvalue weighted by molar-refractivity contribution is 5.70. The fourth-order valence-electron chi connectivity index (χ4n) is 4.90. The molecule has 0 aromatic carbocycles. The number of unbranched alkanes of at least 4 members (excludes halogenated alkanes) is 21. The van der Waals surface area contributed by atoms with E-state index in [4.69, 9.17) is 9.47 Å². The zero-order chi connectivity index (χ0) is 29.4. The molecule has 1 N–H and O–H groups in total. The summed E-state index contributed by atoms with van der Waals surface area (Å²) >= 11 is 0. The zero-order valence-electron chi connectivity index (χ0n) is 26.6. The maximum atomic E-state index is 12.1. The lowest BCUT2D eigenvalue weighted by atomic mass is 10.1. The largest absolute Gasteiger partial charge is 0.462 e. The van der Waals surface area contributed by atoms with Crippen molar-refractivity contribution < 1.29 is 24.2 Å². The highest BCUT2D eigenvalue weighted by atomic mass is 16.6. The Morgan fingerprint density at radius 2 is 0.925 bits per heavy atom. The molecule has 0 saturated carbocycles. The topological polar surface area (TPSA) is 72.8 Å². The van der Waals surface area contributed by atoms with Gasteiger partial charge in [-0.15, -0.1) is 0 Å². The molecule has 1 atom stereocenters. The number of esters is 2. The van der Waals surface area contributed by atoms with Gasteiger partial charge in [-0.05, 0) is 38.5 Å². The van der Waals surface area contributed by atoms with Crippen molar-refractivity contribution in [2.45, 2.75) is 187 Å². The fraction of sp³-hybridized carbons (Fsp3) is 0.886. The summed E-state index contributed by atoms with van der Waals surface area (Å²) in [5, 5.41) is 9.49. The van der Waals surface area contributed by atoms with Crippen LogP contribution in [0.1, 0.15) is 181 Å². The Balaban J connectivity index is 3.57. The van der Waals surface area contributed by atoms with Crippen molar-refractivity contribution in [3.8, 4) is 0 Å². The standard InChI is InChI=1S/C35H66O5/c1-3-5-7-9-11-13-15-16-17-18-20-21-23-25-27-29-34(37)39-32-33(31-36)40-35(38)30-28-26-24-22-19-14-12-10-8-6-4-2/h16-17,33,36H,3-15,18-32H2,1-2H3/t33-/m0/s1. The molecule has 0 heterocycles. The molecule has 0 unspecified atom stereocenters. The number of hydrogen-bond acceptors (Lipinski definition) is 5. The first-order chi connectivity index (χ1) is 19.6. The van der Waals surface area contributed by atoms with E-state index in [1.165, 1.54) is 109 Å². The summed E-state index contributed by atoms with van der Waals surface area (Å²) in [4.78, 5) is 24.1. The summed E-state index contributed by atoms with van der Waals surface area (Å²) in [6, 6.07) is 0. The van der Waals surface area contributed by atoms with Crippen LogP contribution in [-0.4, -0.2) is 36.4 Å². The van der Waals surface area contributed by atoms with E-state index in [1.807, 2.05) is 0 Å². The van der Waals surface area contributed by atoms with E-state index in [0.717, 1.165) is 44.9 Å². The lowest BCUT2D eigenvalue weighted by Gasteiger charge is -2.15. The monoisotopic (exact) mass is 566 g/mol. The molecule has 0 aromatic rings. The van der Waals surface area contributed by atoms with Crippen molar-refractivity contribution in [3.05, 3.63) is 12.2 Å². The van der Waals surface area contributed by atoms with Gasteiger partial charge in [0.1, 0.15) is 6.61 Å². The van der Waals surface area contributed by atoms with Gasteiger partial charge < -0.3 is 14.6 Å². The molecule has 0 rings (SSSR count). The number of carbonyl (C=O) groups excluding carboxylic acids is 2. The van der Waals surface area contributed by atoms with Gasteiger partial charge in [0.05, 0.1) is 6.61 Å². The Labute approximate surface area is 248 Å². The van der Waals surface area contributed by atoms with Gasteiger partial charge in [0.15, 0.2) is 6.10 Å². The molecule has 0 radical (unpaired) electrons. The van der Waals surface area contributed by atoms with Crippen LogP contribution in [0.15, 0.2) is 12.2 Å². The number of ether oxygens (including phenoxy) is 2. The maximum absolute atomic E-state index is 12.1. The van der Waals surface area contributed by atoms with Crippen LogP contribution in [0.2, 0.25) is 0 Å². The summed E-state index contributed by atoms with van der Waals surface area (Å²) in [5.41, 5.74) is 0. The van der Waals surface area contributed by atoms with Crippen LogP contribution in [0.25, 0.3) is 0 Å². The normalized spacial score (nSPS) is 12.2. The Kier molecular flexibility index (Phi) is 31.1. The zero-order valence-corrected chi connectivity index (χ0v) is 26.6. The number of aliphatic hydroxyl groups excluding tert-OH is 1. The Morgan fingerprint density at radius 1 is 0.550 bits per heavy atom. The van der Waals surface area contributed by atoms with Gasteiger partial charge in [0.25, 0.3) is 0 Å². The van der Waals surface area contributed by atoms with Crippen LogP contribution in [0.5, 0.6) is 0 Å². The third-order valence-electron chi connectivity index (χ3n) is 7.56. The minimum atomic E-state index is -0.765. The van der Waals surface area contributed by atoms with Gasteiger partial charge in [0.2, 0.25) is 0 Å². The lowest BCUT2D eigenvalue weighted by Crippen LogP contribution is -2.28. The summed E-state index contributed by atoms with van der Waals surface area (Å²) in [6.45, 7) is 4.11. The van der Waals surface area contributed by atoms with Crippen LogP contribution in [-0.2, 0) is 19.1 Å². The van der Waals surface area contributed by atoms with Crippen LogP contribution >= 0.6 is 0 Å². The minimum Gasteiger partial charge on any atom is -0.462 e. The number of rotatable bonds is 31. The van der Waals surface area contributed by atoms with Crippen molar-refractivity contribution in [1.29, 1.82) is 0 Å². The highest BCUT2D eigenvalue weighted by Gasteiger charge is 2.16. The van der Waals surface area contributed by atoms with Crippen LogP contribution in [0, 0.1) is 0 Å². The Bertz CT molecular complexity index is 574. The van der Waals surface area contributed by atoms with E-state index in [0.29, 0.717) is 12.8 Å². The summed E-state index contributed by atoms with van der Waals surface area (Å²) in [5.74, 6) is -0.597. The second kappa shape index (κ2) is 32.2. The third-order valence-corrected chi connectivity index (χ3v) is 7.56. The molecular weight excluding hydrogens is 500 g/mol. The van der Waals surface area contributed by atoms with Crippen molar-refractivity contribution >= 4 is 11.9 Å². The quantitative estimate of drug-likeness (QED) is 0.0513. The van der Waals surface area contributed by atoms with E-state index in [9.17, 15) is 14.7 Å². The van der Waals surface area contributed by atoms with Crippen molar-refractivity contribution in [3.63, 3.8) is 0 Å². The Morgan fingerprint density at radius 3 is 1.35 bits per heavy atom. The molecule has 0 aliphatic rings. The highest BCUT2D eigenvalue weighted by Crippen LogP contribution is 2.13. The van der Waals surface area contributed by atoms with E-state index in [-0.39, 0.29) is 25.2 Å². The molecule has 5 heteroatoms. The number of carbonyl (C=O) groups is 2. The maximum Gasteiger partial charge on any atom is 0.306 e. The van der Waals surface area contributed by atoms with E-state index in [1.54, 1.807) is 0 Å². The first kappa shape index (κ1) is 38.6. The molecule has 0 aromatic heterocycles.